The van der Waals surface area contributed by atoms with E-state index in [0.29, 0.717) is 0 Å². The van der Waals surface area contributed by atoms with Gasteiger partial charge in [-0.3, -0.25) is 0 Å². The number of nitrogen functional groups attached to an aromatic ring is 1. The van der Waals surface area contributed by atoms with Gasteiger partial charge < -0.3 is 21.9 Å². The molecule has 0 aliphatic heterocycles. The highest BCUT2D eigenvalue weighted by atomic mass is 35.5. The van der Waals surface area contributed by atoms with Crippen LogP contribution in [0.3, 0.4) is 0 Å². The first kappa shape index (κ1) is 17.0. The number of nitrogens with two attached hydrogens (primary N) is 3. The van der Waals surface area contributed by atoms with Crippen molar-refractivity contribution in [2.75, 3.05) is 12.3 Å². The van der Waals surface area contributed by atoms with E-state index in [-0.39, 0.29) is 22.0 Å². The molecule has 0 aromatic heterocycles. The van der Waals surface area contributed by atoms with Gasteiger partial charge in [0, 0.05) is 11.3 Å². The normalized spacial score (nSPS) is 13.4. The fraction of sp³-hybridized carbons (Fsp3) is 0.167. The minimum atomic E-state index is -4.50. The van der Waals surface area contributed by atoms with Crippen LogP contribution >= 0.6 is 11.6 Å². The highest BCUT2D eigenvalue weighted by Crippen LogP contribution is 2.26. The van der Waals surface area contributed by atoms with Crippen molar-refractivity contribution in [3.8, 4) is 0 Å². The molecule has 0 atom stereocenters. The van der Waals surface area contributed by atoms with Gasteiger partial charge in [0.2, 0.25) is 0 Å². The first-order valence-electron chi connectivity index (χ1n) is 5.47. The van der Waals surface area contributed by atoms with Crippen LogP contribution in [0.2, 0.25) is 5.02 Å². The molecule has 0 aliphatic carbocycles. The van der Waals surface area contributed by atoms with Gasteiger partial charge in [0.1, 0.15) is 5.82 Å². The Morgan fingerprint density at radius 3 is 2.43 bits per heavy atom. The Labute approximate surface area is 122 Å². The van der Waals surface area contributed by atoms with Crippen molar-refractivity contribution in [2.24, 2.45) is 11.5 Å². The summed E-state index contributed by atoms with van der Waals surface area (Å²) in [6, 6.07) is 2.17. The average Bonchev–Trinajstić information content (AvgIpc) is 2.37. The Bertz CT molecular complexity index is 585. The van der Waals surface area contributed by atoms with E-state index in [1.54, 1.807) is 0 Å². The van der Waals surface area contributed by atoms with Crippen molar-refractivity contribution in [1.29, 1.82) is 0 Å². The Hall–Kier alpha value is -2.09. The zero-order valence-corrected chi connectivity index (χ0v) is 11.3. The summed E-state index contributed by atoms with van der Waals surface area (Å²) < 4.78 is 53.3. The van der Waals surface area contributed by atoms with E-state index in [9.17, 15) is 17.6 Å². The molecule has 6 N–H and O–H groups in total. The van der Waals surface area contributed by atoms with E-state index < -0.39 is 24.5 Å². The number of halogens is 5. The lowest BCUT2D eigenvalue weighted by Crippen LogP contribution is -2.18. The molecule has 9 heteroatoms. The summed E-state index contributed by atoms with van der Waals surface area (Å²) in [5.41, 5.74) is 16.1. The van der Waals surface area contributed by atoms with Crippen LogP contribution in [0.15, 0.2) is 30.2 Å². The average molecular weight is 326 g/mol. The van der Waals surface area contributed by atoms with E-state index in [2.05, 4.69) is 4.74 Å². The molecule has 21 heavy (non-hydrogen) atoms. The molecule has 0 spiro atoms. The van der Waals surface area contributed by atoms with Crippen molar-refractivity contribution in [3.63, 3.8) is 0 Å². The number of ether oxygens (including phenoxy) is 1. The predicted octanol–water partition coefficient (Wildman–Crippen LogP) is 2.74. The van der Waals surface area contributed by atoms with Crippen LogP contribution in [0.5, 0.6) is 0 Å². The highest BCUT2D eigenvalue weighted by Gasteiger charge is 2.28. The monoisotopic (exact) mass is 325 g/mol. The molecule has 0 heterocycles. The maximum Gasteiger partial charge on any atom is 0.422 e. The third-order valence-corrected chi connectivity index (χ3v) is 2.54. The molecule has 0 unspecified atom stereocenters. The minimum Gasteiger partial charge on any atom is -0.470 e. The Kier molecular flexibility index (Phi) is 5.31. The standard InChI is InChI=1S/C12H12ClF4N3O/c13-7-4-10(19)8(14)3-6(7)9(18)1-2-11(20)21-5-12(15,16)17/h1-4H,5,18-20H2/b9-1-,11-2+. The predicted molar refractivity (Wildman–Crippen MR) is 72.3 cm³/mol. The van der Waals surface area contributed by atoms with Gasteiger partial charge in [0.25, 0.3) is 0 Å². The molecule has 0 bridgehead atoms. The van der Waals surface area contributed by atoms with Crippen LogP contribution < -0.4 is 17.2 Å². The molecule has 116 valence electrons. The molecule has 0 amide bonds. The molecule has 0 radical (unpaired) electrons. The van der Waals surface area contributed by atoms with Crippen LogP contribution in [-0.4, -0.2) is 12.8 Å². The fourth-order valence-electron chi connectivity index (χ4n) is 1.26. The van der Waals surface area contributed by atoms with E-state index >= 15 is 0 Å². The van der Waals surface area contributed by atoms with Crippen molar-refractivity contribution < 1.29 is 22.3 Å². The summed E-state index contributed by atoms with van der Waals surface area (Å²) in [4.78, 5) is 0. The quantitative estimate of drug-likeness (QED) is 0.344. The molecule has 0 saturated heterocycles. The van der Waals surface area contributed by atoms with Crippen LogP contribution in [0, 0.1) is 5.82 Å². The number of benzene rings is 1. The van der Waals surface area contributed by atoms with Crippen LogP contribution in [0.25, 0.3) is 5.70 Å². The summed E-state index contributed by atoms with van der Waals surface area (Å²) >= 11 is 5.83. The van der Waals surface area contributed by atoms with Gasteiger partial charge in [-0.05, 0) is 24.3 Å². The highest BCUT2D eigenvalue weighted by molar-refractivity contribution is 6.32. The van der Waals surface area contributed by atoms with Crippen molar-refractivity contribution in [1.82, 2.24) is 0 Å². The molecule has 1 rings (SSSR count). The zero-order chi connectivity index (χ0) is 16.2. The SMILES string of the molecule is N/C(=C\C=C(/N)OCC(F)(F)F)c1cc(F)c(N)cc1Cl. The van der Waals surface area contributed by atoms with E-state index in [4.69, 9.17) is 28.8 Å². The topological polar surface area (TPSA) is 87.3 Å². The number of alkyl halides is 3. The van der Waals surface area contributed by atoms with E-state index in [1.807, 2.05) is 0 Å². The second-order valence-corrected chi connectivity index (χ2v) is 4.36. The van der Waals surface area contributed by atoms with Gasteiger partial charge in [-0.2, -0.15) is 13.2 Å². The molecular weight excluding hydrogens is 314 g/mol. The summed E-state index contributed by atoms with van der Waals surface area (Å²) in [6.45, 7) is -1.53. The van der Waals surface area contributed by atoms with Crippen molar-refractivity contribution in [3.05, 3.63) is 46.6 Å². The molecule has 1 aromatic carbocycles. The van der Waals surface area contributed by atoms with Gasteiger partial charge in [-0.1, -0.05) is 11.6 Å². The first-order valence-corrected chi connectivity index (χ1v) is 5.85. The zero-order valence-electron chi connectivity index (χ0n) is 10.5. The molecule has 4 nitrogen and oxygen atoms in total. The summed E-state index contributed by atoms with van der Waals surface area (Å²) in [5, 5.41) is 0.0887. The fourth-order valence-corrected chi connectivity index (χ4v) is 1.54. The largest absolute Gasteiger partial charge is 0.470 e. The van der Waals surface area contributed by atoms with E-state index in [1.165, 1.54) is 6.07 Å². The van der Waals surface area contributed by atoms with Crippen LogP contribution in [0.4, 0.5) is 23.2 Å². The first-order chi connectivity index (χ1) is 9.60. The molecule has 0 fully saturated rings. The number of allylic oxidation sites excluding steroid dienone is 2. The maximum atomic E-state index is 13.3. The number of hydrogen-bond acceptors (Lipinski definition) is 4. The number of rotatable bonds is 4. The smallest absolute Gasteiger partial charge is 0.422 e. The second kappa shape index (κ2) is 6.57. The van der Waals surface area contributed by atoms with E-state index in [0.717, 1.165) is 18.2 Å². The lowest BCUT2D eigenvalue weighted by molar-refractivity contribution is -0.165. The van der Waals surface area contributed by atoms with Gasteiger partial charge in [-0.15, -0.1) is 0 Å². The minimum absolute atomic E-state index is 0.0162. The molecular formula is C12H12ClF4N3O. The van der Waals surface area contributed by atoms with Crippen molar-refractivity contribution in [2.45, 2.75) is 6.18 Å². The molecule has 0 aliphatic rings. The Morgan fingerprint density at radius 1 is 1.24 bits per heavy atom. The van der Waals surface area contributed by atoms with Gasteiger partial charge in [0.15, 0.2) is 12.5 Å². The Morgan fingerprint density at radius 2 is 1.86 bits per heavy atom. The third kappa shape index (κ3) is 5.42. The van der Waals surface area contributed by atoms with Crippen LogP contribution in [0.1, 0.15) is 5.56 Å². The molecule has 0 saturated carbocycles. The molecule has 1 aromatic rings. The van der Waals surface area contributed by atoms with Gasteiger partial charge in [0.05, 0.1) is 10.7 Å². The third-order valence-electron chi connectivity index (χ3n) is 2.23. The second-order valence-electron chi connectivity index (χ2n) is 3.95. The summed E-state index contributed by atoms with van der Waals surface area (Å²) in [7, 11) is 0. The summed E-state index contributed by atoms with van der Waals surface area (Å²) in [6.07, 6.45) is -2.36. The Balaban J connectivity index is 2.88. The summed E-state index contributed by atoms with van der Waals surface area (Å²) in [5.74, 6) is -1.22. The van der Waals surface area contributed by atoms with Crippen LogP contribution in [-0.2, 0) is 4.74 Å². The van der Waals surface area contributed by atoms with Crippen molar-refractivity contribution >= 4 is 23.0 Å². The number of anilines is 1. The maximum absolute atomic E-state index is 13.3. The number of hydrogen-bond donors (Lipinski definition) is 3. The van der Waals surface area contributed by atoms with Gasteiger partial charge in [-0.25, -0.2) is 4.39 Å². The lowest BCUT2D eigenvalue weighted by atomic mass is 10.1. The lowest BCUT2D eigenvalue weighted by Gasteiger charge is -2.09. The van der Waals surface area contributed by atoms with Gasteiger partial charge >= 0.3 is 6.18 Å².